The van der Waals surface area contributed by atoms with Gasteiger partial charge in [-0.3, -0.25) is 0 Å². The highest BCUT2D eigenvalue weighted by Crippen LogP contribution is 2.14. The lowest BCUT2D eigenvalue weighted by Gasteiger charge is -2.05. The first kappa shape index (κ1) is 24.6. The van der Waals surface area contributed by atoms with E-state index in [1.807, 2.05) is 48.5 Å². The molecule has 2 rings (SSSR count). The lowest BCUT2D eigenvalue weighted by Crippen LogP contribution is -1.96. The molecular formula is C29H38O2. The SMILES string of the molecule is CCCCCCC=CCOc1ccc(C#Cc2ccc(OCCCCCC)cc2)cc1. The number of hydrogen-bond acceptors (Lipinski definition) is 2. The summed E-state index contributed by atoms with van der Waals surface area (Å²) in [6, 6.07) is 16.0. The van der Waals surface area contributed by atoms with E-state index in [-0.39, 0.29) is 0 Å². The van der Waals surface area contributed by atoms with E-state index in [2.05, 4.69) is 37.8 Å². The molecule has 0 saturated heterocycles. The molecule has 2 nitrogen and oxygen atoms in total. The summed E-state index contributed by atoms with van der Waals surface area (Å²) in [6.07, 6.45) is 15.6. The second-order valence-electron chi connectivity index (χ2n) is 7.84. The zero-order chi connectivity index (χ0) is 22.0. The van der Waals surface area contributed by atoms with Crippen LogP contribution in [0.15, 0.2) is 60.7 Å². The van der Waals surface area contributed by atoms with E-state index < -0.39 is 0 Å². The number of ether oxygens (including phenoxy) is 2. The highest BCUT2D eigenvalue weighted by atomic mass is 16.5. The highest BCUT2D eigenvalue weighted by Gasteiger charge is 1.95. The molecule has 166 valence electrons. The third kappa shape index (κ3) is 11.3. The molecular weight excluding hydrogens is 380 g/mol. The third-order valence-corrected chi connectivity index (χ3v) is 5.06. The Morgan fingerprint density at radius 2 is 1.16 bits per heavy atom. The number of benzene rings is 2. The molecule has 2 heteroatoms. The number of hydrogen-bond donors (Lipinski definition) is 0. The van der Waals surface area contributed by atoms with Crippen LogP contribution in [0.5, 0.6) is 11.5 Å². The molecule has 0 heterocycles. The van der Waals surface area contributed by atoms with Gasteiger partial charge in [0.25, 0.3) is 0 Å². The van der Waals surface area contributed by atoms with E-state index >= 15 is 0 Å². The van der Waals surface area contributed by atoms with E-state index in [0.29, 0.717) is 6.61 Å². The Labute approximate surface area is 189 Å². The molecule has 0 amide bonds. The molecule has 0 saturated carbocycles. The average Bonchev–Trinajstić information content (AvgIpc) is 2.81. The second kappa shape index (κ2) is 16.1. The molecule has 0 unspecified atom stereocenters. The van der Waals surface area contributed by atoms with Crippen LogP contribution in [0, 0.1) is 11.8 Å². The first-order valence-electron chi connectivity index (χ1n) is 11.9. The van der Waals surface area contributed by atoms with Gasteiger partial charge in [0.1, 0.15) is 18.1 Å². The Balaban J connectivity index is 1.71. The van der Waals surface area contributed by atoms with Gasteiger partial charge < -0.3 is 9.47 Å². The highest BCUT2D eigenvalue weighted by molar-refractivity contribution is 5.45. The molecule has 0 bridgehead atoms. The van der Waals surface area contributed by atoms with E-state index in [1.165, 1.54) is 44.9 Å². The summed E-state index contributed by atoms with van der Waals surface area (Å²) in [5.41, 5.74) is 1.97. The quantitative estimate of drug-likeness (QED) is 0.176. The fourth-order valence-corrected chi connectivity index (χ4v) is 3.15. The molecule has 0 spiro atoms. The molecule has 0 aliphatic carbocycles. The molecule has 0 radical (unpaired) electrons. The van der Waals surface area contributed by atoms with Gasteiger partial charge in [0.05, 0.1) is 6.61 Å². The van der Waals surface area contributed by atoms with E-state index in [9.17, 15) is 0 Å². The van der Waals surface area contributed by atoms with Crippen LogP contribution in [-0.4, -0.2) is 13.2 Å². The van der Waals surface area contributed by atoms with Crippen molar-refractivity contribution < 1.29 is 9.47 Å². The van der Waals surface area contributed by atoms with Crippen LogP contribution in [0.4, 0.5) is 0 Å². The molecule has 0 aliphatic rings. The van der Waals surface area contributed by atoms with Gasteiger partial charge >= 0.3 is 0 Å². The maximum atomic E-state index is 5.79. The first-order chi connectivity index (χ1) is 15.3. The van der Waals surface area contributed by atoms with Crippen LogP contribution in [-0.2, 0) is 0 Å². The molecule has 31 heavy (non-hydrogen) atoms. The van der Waals surface area contributed by atoms with E-state index in [4.69, 9.17) is 9.47 Å². The Morgan fingerprint density at radius 3 is 1.74 bits per heavy atom. The smallest absolute Gasteiger partial charge is 0.119 e. The average molecular weight is 419 g/mol. The summed E-state index contributed by atoms with van der Waals surface area (Å²) in [5.74, 6) is 8.22. The molecule has 0 atom stereocenters. The Bertz CT molecular complexity index is 791. The summed E-state index contributed by atoms with van der Waals surface area (Å²) in [5, 5.41) is 0. The maximum absolute atomic E-state index is 5.79. The maximum Gasteiger partial charge on any atom is 0.119 e. The van der Waals surface area contributed by atoms with E-state index in [1.54, 1.807) is 0 Å². The normalized spacial score (nSPS) is 10.6. The van der Waals surface area contributed by atoms with Crippen LogP contribution in [0.2, 0.25) is 0 Å². The van der Waals surface area contributed by atoms with Crippen LogP contribution < -0.4 is 9.47 Å². The minimum atomic E-state index is 0.617. The van der Waals surface area contributed by atoms with Crippen molar-refractivity contribution >= 4 is 0 Å². The fraction of sp³-hybridized carbons (Fsp3) is 0.448. The Kier molecular flexibility index (Phi) is 12.8. The number of allylic oxidation sites excluding steroid dienone is 1. The molecule has 0 fully saturated rings. The summed E-state index contributed by atoms with van der Waals surface area (Å²) in [6.45, 7) is 5.86. The largest absolute Gasteiger partial charge is 0.494 e. The fourth-order valence-electron chi connectivity index (χ4n) is 3.15. The van der Waals surface area contributed by atoms with E-state index in [0.717, 1.165) is 42.1 Å². The van der Waals surface area contributed by atoms with Gasteiger partial charge in [-0.1, -0.05) is 76.4 Å². The Hall–Kier alpha value is -2.66. The summed E-state index contributed by atoms with van der Waals surface area (Å²) in [7, 11) is 0. The minimum Gasteiger partial charge on any atom is -0.494 e. The van der Waals surface area contributed by atoms with Gasteiger partial charge in [-0.2, -0.15) is 0 Å². The van der Waals surface area contributed by atoms with Crippen molar-refractivity contribution in [2.45, 2.75) is 71.6 Å². The van der Waals surface area contributed by atoms with Crippen LogP contribution in [0.25, 0.3) is 0 Å². The summed E-state index contributed by atoms with van der Waals surface area (Å²) < 4.78 is 11.6. The van der Waals surface area contributed by atoms with Crippen molar-refractivity contribution in [3.8, 4) is 23.3 Å². The van der Waals surface area contributed by atoms with Gasteiger partial charge in [-0.25, -0.2) is 0 Å². The first-order valence-corrected chi connectivity index (χ1v) is 11.9. The standard InChI is InChI=1S/C29H38O2/c1-3-5-7-9-10-11-13-25-31-29-22-18-27(19-23-29)15-14-26-16-20-28(21-17-26)30-24-12-8-6-4-2/h11,13,16-23H,3-10,12,24-25H2,1-2H3. The van der Waals surface area contributed by atoms with Crippen LogP contribution in [0.1, 0.15) is 82.8 Å². The number of unbranched alkanes of at least 4 members (excludes halogenated alkanes) is 7. The third-order valence-electron chi connectivity index (χ3n) is 5.06. The van der Waals surface area contributed by atoms with Gasteiger partial charge in [0, 0.05) is 11.1 Å². The molecule has 0 N–H and O–H groups in total. The van der Waals surface area contributed by atoms with Gasteiger partial charge in [0.2, 0.25) is 0 Å². The second-order valence-corrected chi connectivity index (χ2v) is 7.84. The molecule has 0 aromatic heterocycles. The van der Waals surface area contributed by atoms with Crippen molar-refractivity contribution in [3.05, 3.63) is 71.8 Å². The number of rotatable bonds is 14. The van der Waals surface area contributed by atoms with Crippen molar-refractivity contribution in [3.63, 3.8) is 0 Å². The van der Waals surface area contributed by atoms with Crippen molar-refractivity contribution in [2.24, 2.45) is 0 Å². The predicted octanol–water partition coefficient (Wildman–Crippen LogP) is 7.95. The minimum absolute atomic E-state index is 0.617. The Morgan fingerprint density at radius 1 is 0.613 bits per heavy atom. The molecule has 0 aliphatic heterocycles. The topological polar surface area (TPSA) is 18.5 Å². The zero-order valence-electron chi connectivity index (χ0n) is 19.4. The molecule has 2 aromatic carbocycles. The summed E-state index contributed by atoms with van der Waals surface area (Å²) in [4.78, 5) is 0. The van der Waals surface area contributed by atoms with Crippen molar-refractivity contribution in [1.29, 1.82) is 0 Å². The van der Waals surface area contributed by atoms with Crippen molar-refractivity contribution in [2.75, 3.05) is 13.2 Å². The lowest BCUT2D eigenvalue weighted by molar-refractivity contribution is 0.305. The lowest BCUT2D eigenvalue weighted by atomic mass is 10.1. The predicted molar refractivity (Wildman–Crippen MR) is 132 cm³/mol. The van der Waals surface area contributed by atoms with Crippen LogP contribution >= 0.6 is 0 Å². The van der Waals surface area contributed by atoms with Gasteiger partial charge in [-0.15, -0.1) is 0 Å². The molecule has 2 aromatic rings. The van der Waals surface area contributed by atoms with Crippen molar-refractivity contribution in [1.82, 2.24) is 0 Å². The summed E-state index contributed by atoms with van der Waals surface area (Å²) >= 11 is 0. The van der Waals surface area contributed by atoms with Crippen LogP contribution in [0.3, 0.4) is 0 Å². The zero-order valence-corrected chi connectivity index (χ0v) is 19.4. The van der Waals surface area contributed by atoms with Gasteiger partial charge in [0.15, 0.2) is 0 Å². The monoisotopic (exact) mass is 418 g/mol. The van der Waals surface area contributed by atoms with Gasteiger partial charge in [-0.05, 0) is 67.8 Å².